The van der Waals surface area contributed by atoms with E-state index in [-0.39, 0.29) is 0 Å². The number of hydrogen-bond donors (Lipinski definition) is 3. The van der Waals surface area contributed by atoms with Gasteiger partial charge < -0.3 is 25.4 Å². The number of ether oxygens (including phenoxy) is 1. The first kappa shape index (κ1) is 17.7. The van der Waals surface area contributed by atoms with Gasteiger partial charge in [0.1, 0.15) is 6.04 Å². The molecular weight excluding hydrogens is 274 g/mol. The maximum atomic E-state index is 11.8. The number of carboxylic acids is 1. The van der Waals surface area contributed by atoms with E-state index >= 15 is 0 Å². The molecule has 1 saturated heterocycles. The molecule has 0 aliphatic carbocycles. The van der Waals surface area contributed by atoms with Crippen LogP contribution >= 0.6 is 0 Å². The minimum atomic E-state index is -1.01. The third-order valence-electron chi connectivity index (χ3n) is 3.83. The van der Waals surface area contributed by atoms with E-state index in [0.29, 0.717) is 31.9 Å². The average Bonchev–Trinajstić information content (AvgIpc) is 2.45. The van der Waals surface area contributed by atoms with Crippen LogP contribution in [0.3, 0.4) is 0 Å². The molecule has 2 amide bonds. The van der Waals surface area contributed by atoms with Gasteiger partial charge >= 0.3 is 12.0 Å². The molecule has 0 aromatic carbocycles. The van der Waals surface area contributed by atoms with Crippen LogP contribution in [0.1, 0.15) is 25.7 Å². The molecule has 7 heteroatoms. The van der Waals surface area contributed by atoms with E-state index in [0.717, 1.165) is 25.9 Å². The Morgan fingerprint density at radius 3 is 2.62 bits per heavy atom. The van der Waals surface area contributed by atoms with Crippen molar-refractivity contribution in [3.8, 4) is 0 Å². The molecule has 0 spiro atoms. The normalized spacial score (nSPS) is 18.2. The number of carbonyl (C=O) groups excluding carboxylic acids is 1. The molecular formula is C14H27N3O4. The highest BCUT2D eigenvalue weighted by Crippen LogP contribution is 2.14. The number of methoxy groups -OCH3 is 1. The largest absolute Gasteiger partial charge is 0.480 e. The van der Waals surface area contributed by atoms with E-state index in [1.54, 1.807) is 7.11 Å². The first-order valence-corrected chi connectivity index (χ1v) is 7.47. The molecule has 1 rings (SSSR count). The van der Waals surface area contributed by atoms with Gasteiger partial charge in [0.15, 0.2) is 0 Å². The van der Waals surface area contributed by atoms with Gasteiger partial charge in [-0.1, -0.05) is 0 Å². The van der Waals surface area contributed by atoms with E-state index < -0.39 is 18.0 Å². The predicted octanol–water partition coefficient (Wildman–Crippen LogP) is 0.507. The number of nitrogens with zero attached hydrogens (tertiary/aromatic N) is 1. The number of rotatable bonds is 8. The van der Waals surface area contributed by atoms with E-state index in [1.807, 2.05) is 0 Å². The molecule has 7 nitrogen and oxygen atoms in total. The van der Waals surface area contributed by atoms with Crippen molar-refractivity contribution in [3.05, 3.63) is 0 Å². The van der Waals surface area contributed by atoms with Gasteiger partial charge in [-0.15, -0.1) is 0 Å². The molecule has 0 radical (unpaired) electrons. The van der Waals surface area contributed by atoms with Crippen LogP contribution in [0.25, 0.3) is 0 Å². The zero-order valence-corrected chi connectivity index (χ0v) is 12.9. The molecule has 21 heavy (non-hydrogen) atoms. The summed E-state index contributed by atoms with van der Waals surface area (Å²) in [4.78, 5) is 25.1. The van der Waals surface area contributed by atoms with Gasteiger partial charge in [0.05, 0.1) is 0 Å². The van der Waals surface area contributed by atoms with Crippen molar-refractivity contribution >= 4 is 12.0 Å². The van der Waals surface area contributed by atoms with Crippen LogP contribution in [0, 0.1) is 5.92 Å². The van der Waals surface area contributed by atoms with Gasteiger partial charge in [0.25, 0.3) is 0 Å². The Bertz CT molecular complexity index is 330. The summed E-state index contributed by atoms with van der Waals surface area (Å²) in [7, 11) is 3.66. The van der Waals surface area contributed by atoms with Crippen LogP contribution in [-0.2, 0) is 9.53 Å². The fourth-order valence-electron chi connectivity index (χ4n) is 2.40. The van der Waals surface area contributed by atoms with Crippen LogP contribution in [0.5, 0.6) is 0 Å². The number of hydrogen-bond acceptors (Lipinski definition) is 4. The van der Waals surface area contributed by atoms with Gasteiger partial charge in [-0.05, 0) is 51.7 Å². The maximum absolute atomic E-state index is 11.8. The van der Waals surface area contributed by atoms with Gasteiger partial charge in [-0.3, -0.25) is 0 Å². The lowest BCUT2D eigenvalue weighted by atomic mass is 9.97. The molecule has 0 aromatic heterocycles. The lowest BCUT2D eigenvalue weighted by Gasteiger charge is -2.29. The first-order valence-electron chi connectivity index (χ1n) is 7.47. The fraction of sp³-hybridized carbons (Fsp3) is 0.857. The summed E-state index contributed by atoms with van der Waals surface area (Å²) >= 11 is 0. The topological polar surface area (TPSA) is 90.9 Å². The van der Waals surface area contributed by atoms with Crippen LogP contribution in [-0.4, -0.2) is 68.4 Å². The zero-order chi connectivity index (χ0) is 15.7. The van der Waals surface area contributed by atoms with Gasteiger partial charge in [0, 0.05) is 20.3 Å². The molecule has 1 unspecified atom stereocenters. The number of likely N-dealkylation sites (tertiary alicyclic amines) is 1. The fourth-order valence-corrected chi connectivity index (χ4v) is 2.40. The van der Waals surface area contributed by atoms with E-state index in [9.17, 15) is 9.59 Å². The number of carboxylic acid groups (broad SMARTS) is 1. The van der Waals surface area contributed by atoms with Crippen molar-refractivity contribution < 1.29 is 19.4 Å². The molecule has 1 aliphatic heterocycles. The number of aliphatic carboxylic acids is 1. The number of nitrogens with one attached hydrogen (secondary N) is 2. The summed E-state index contributed by atoms with van der Waals surface area (Å²) in [6, 6.07) is -1.27. The molecule has 0 saturated carbocycles. The Morgan fingerprint density at radius 2 is 2.05 bits per heavy atom. The Balaban J connectivity index is 2.24. The van der Waals surface area contributed by atoms with Gasteiger partial charge in [-0.2, -0.15) is 0 Å². The minimum absolute atomic E-state index is 0.366. The van der Waals surface area contributed by atoms with Gasteiger partial charge in [0.2, 0.25) is 0 Å². The lowest BCUT2D eigenvalue weighted by Crippen LogP contribution is -2.47. The van der Waals surface area contributed by atoms with Crippen LogP contribution in [0.2, 0.25) is 0 Å². The molecule has 0 bridgehead atoms. The summed E-state index contributed by atoms with van der Waals surface area (Å²) in [5, 5.41) is 14.4. The average molecular weight is 301 g/mol. The minimum Gasteiger partial charge on any atom is -0.480 e. The van der Waals surface area contributed by atoms with Crippen LogP contribution < -0.4 is 10.6 Å². The third-order valence-corrected chi connectivity index (χ3v) is 3.83. The van der Waals surface area contributed by atoms with Crippen molar-refractivity contribution in [1.29, 1.82) is 0 Å². The Kier molecular flexibility index (Phi) is 8.07. The predicted molar refractivity (Wildman–Crippen MR) is 79.3 cm³/mol. The monoisotopic (exact) mass is 301 g/mol. The molecule has 0 aromatic rings. The smallest absolute Gasteiger partial charge is 0.326 e. The zero-order valence-electron chi connectivity index (χ0n) is 12.9. The highest BCUT2D eigenvalue weighted by Gasteiger charge is 2.21. The Morgan fingerprint density at radius 1 is 1.38 bits per heavy atom. The molecule has 1 fully saturated rings. The van der Waals surface area contributed by atoms with Crippen molar-refractivity contribution in [3.63, 3.8) is 0 Å². The quantitative estimate of drug-likeness (QED) is 0.568. The van der Waals surface area contributed by atoms with Crippen molar-refractivity contribution in [2.45, 2.75) is 31.7 Å². The van der Waals surface area contributed by atoms with Crippen LogP contribution in [0.4, 0.5) is 4.79 Å². The van der Waals surface area contributed by atoms with Gasteiger partial charge in [-0.25, -0.2) is 9.59 Å². The lowest BCUT2D eigenvalue weighted by molar-refractivity contribution is -0.139. The molecule has 1 atom stereocenters. The molecule has 1 heterocycles. The number of piperidine rings is 1. The van der Waals surface area contributed by atoms with E-state index in [2.05, 4.69) is 22.6 Å². The van der Waals surface area contributed by atoms with Crippen molar-refractivity contribution in [2.24, 2.45) is 5.92 Å². The standard InChI is InChI=1S/C14H27N3O4/c1-17-7-5-11(6-8-17)10-15-14(20)16-12(13(18)19)4-3-9-21-2/h11-12H,3-10H2,1-2H3,(H,18,19)(H2,15,16,20). The molecule has 1 aliphatic rings. The van der Waals surface area contributed by atoms with E-state index in [1.165, 1.54) is 0 Å². The summed E-state index contributed by atoms with van der Waals surface area (Å²) in [5.41, 5.74) is 0. The summed E-state index contributed by atoms with van der Waals surface area (Å²) in [6.45, 7) is 3.18. The second-order valence-electron chi connectivity index (χ2n) is 5.63. The number of amides is 2. The van der Waals surface area contributed by atoms with Crippen molar-refractivity contribution in [1.82, 2.24) is 15.5 Å². The number of carbonyl (C=O) groups is 2. The summed E-state index contributed by atoms with van der Waals surface area (Å²) < 4.78 is 4.89. The Labute approximate surface area is 126 Å². The third kappa shape index (κ3) is 7.29. The maximum Gasteiger partial charge on any atom is 0.326 e. The van der Waals surface area contributed by atoms with Crippen molar-refractivity contribution in [2.75, 3.05) is 40.4 Å². The summed E-state index contributed by atoms with van der Waals surface area (Å²) in [6.07, 6.45) is 3.09. The van der Waals surface area contributed by atoms with E-state index in [4.69, 9.17) is 9.84 Å². The second kappa shape index (κ2) is 9.57. The number of urea groups is 1. The molecule has 122 valence electrons. The molecule has 3 N–H and O–H groups in total. The summed E-state index contributed by atoms with van der Waals surface area (Å²) in [5.74, 6) is -0.538. The van der Waals surface area contributed by atoms with Crippen LogP contribution in [0.15, 0.2) is 0 Å². The Hall–Kier alpha value is -1.34. The highest BCUT2D eigenvalue weighted by atomic mass is 16.5. The first-order chi connectivity index (χ1) is 10.0. The SMILES string of the molecule is COCCCC(NC(=O)NCC1CCN(C)CC1)C(=O)O. The highest BCUT2D eigenvalue weighted by molar-refractivity contribution is 5.82. The second-order valence-corrected chi connectivity index (χ2v) is 5.63.